The van der Waals surface area contributed by atoms with Crippen molar-refractivity contribution in [2.75, 3.05) is 0 Å². The molecular weight excluding hydrogens is 260 g/mol. The Kier molecular flexibility index (Phi) is 4.36. The van der Waals surface area contributed by atoms with E-state index in [-0.39, 0.29) is 11.2 Å². The number of phenols is 1. The Bertz CT molecular complexity index is 613. The van der Waals surface area contributed by atoms with E-state index in [1.807, 2.05) is 37.3 Å². The van der Waals surface area contributed by atoms with Gasteiger partial charge in [0.05, 0.1) is 0 Å². The van der Waals surface area contributed by atoms with Gasteiger partial charge in [-0.3, -0.25) is 4.79 Å². The van der Waals surface area contributed by atoms with Crippen molar-refractivity contribution < 1.29 is 9.90 Å². The van der Waals surface area contributed by atoms with E-state index < -0.39 is 0 Å². The lowest BCUT2D eigenvalue weighted by molar-refractivity contribution is -0.115. The Morgan fingerprint density at radius 1 is 1.29 bits per heavy atom. The van der Waals surface area contributed by atoms with E-state index in [2.05, 4.69) is 20.8 Å². The Hall–Kier alpha value is -1.83. The molecule has 0 aromatic heterocycles. The third-order valence-corrected chi connectivity index (χ3v) is 3.94. The summed E-state index contributed by atoms with van der Waals surface area (Å²) in [6.07, 6.45) is 7.87. The highest BCUT2D eigenvalue weighted by Crippen LogP contribution is 2.34. The number of allylic oxidation sites excluding steroid dienone is 4. The standard InChI is InChI=1S/C19H24O2/c1-13-11-14(12-16(18(13)21)19(2,3)4)9-10-17(20)15-7-5-6-8-15/h5-7,11-12,21H,8-10H2,1-4H3. The second-order valence-electron chi connectivity index (χ2n) is 6.81. The average Bonchev–Trinajstić information content (AvgIpc) is 2.92. The molecule has 112 valence electrons. The van der Waals surface area contributed by atoms with E-state index in [1.165, 1.54) is 0 Å². The first-order valence-electron chi connectivity index (χ1n) is 7.51. The number of hydrogen-bond acceptors (Lipinski definition) is 2. The largest absolute Gasteiger partial charge is 0.507 e. The van der Waals surface area contributed by atoms with Crippen LogP contribution in [0.2, 0.25) is 0 Å². The quantitative estimate of drug-likeness (QED) is 0.890. The first-order chi connectivity index (χ1) is 9.79. The Labute approximate surface area is 127 Å². The van der Waals surface area contributed by atoms with Crippen LogP contribution in [0.25, 0.3) is 0 Å². The predicted molar refractivity (Wildman–Crippen MR) is 86.7 cm³/mol. The van der Waals surface area contributed by atoms with Crippen LogP contribution >= 0.6 is 0 Å². The zero-order valence-electron chi connectivity index (χ0n) is 13.4. The summed E-state index contributed by atoms with van der Waals surface area (Å²) in [5.74, 6) is 0.600. The molecule has 0 heterocycles. The number of carbonyl (C=O) groups is 1. The normalized spacial score (nSPS) is 14.4. The highest BCUT2D eigenvalue weighted by molar-refractivity contribution is 5.96. The molecule has 0 fully saturated rings. The monoisotopic (exact) mass is 284 g/mol. The number of aryl methyl sites for hydroxylation is 2. The van der Waals surface area contributed by atoms with Crippen LogP contribution in [-0.2, 0) is 16.6 Å². The van der Waals surface area contributed by atoms with Crippen LogP contribution in [0.4, 0.5) is 0 Å². The maximum atomic E-state index is 12.1. The molecule has 0 aliphatic heterocycles. The predicted octanol–water partition coefficient (Wildman–Crippen LogP) is 4.39. The van der Waals surface area contributed by atoms with Crippen LogP contribution < -0.4 is 0 Å². The fourth-order valence-corrected chi connectivity index (χ4v) is 2.64. The summed E-state index contributed by atoms with van der Waals surface area (Å²) in [6.45, 7) is 8.18. The minimum Gasteiger partial charge on any atom is -0.507 e. The van der Waals surface area contributed by atoms with Gasteiger partial charge in [-0.1, -0.05) is 51.1 Å². The van der Waals surface area contributed by atoms with Crippen molar-refractivity contribution in [1.29, 1.82) is 0 Å². The molecule has 0 saturated heterocycles. The molecule has 2 nitrogen and oxygen atoms in total. The van der Waals surface area contributed by atoms with Crippen molar-refractivity contribution >= 4 is 5.78 Å². The molecule has 0 bridgehead atoms. The van der Waals surface area contributed by atoms with Crippen LogP contribution in [0.15, 0.2) is 35.9 Å². The zero-order chi connectivity index (χ0) is 15.6. The number of phenolic OH excluding ortho intramolecular Hbond substituents is 1. The molecule has 0 unspecified atom stereocenters. The molecule has 0 radical (unpaired) electrons. The first-order valence-corrected chi connectivity index (χ1v) is 7.51. The highest BCUT2D eigenvalue weighted by Gasteiger charge is 2.20. The molecule has 1 aromatic carbocycles. The Morgan fingerprint density at radius 2 is 2.00 bits per heavy atom. The van der Waals surface area contributed by atoms with Crippen molar-refractivity contribution in [3.05, 3.63) is 52.6 Å². The van der Waals surface area contributed by atoms with Gasteiger partial charge in [0.2, 0.25) is 0 Å². The second-order valence-corrected chi connectivity index (χ2v) is 6.81. The fraction of sp³-hybridized carbons (Fsp3) is 0.421. The van der Waals surface area contributed by atoms with Crippen molar-refractivity contribution in [2.45, 2.75) is 52.4 Å². The second kappa shape index (κ2) is 5.88. The zero-order valence-corrected chi connectivity index (χ0v) is 13.4. The van der Waals surface area contributed by atoms with Gasteiger partial charge in [0.15, 0.2) is 5.78 Å². The molecule has 21 heavy (non-hydrogen) atoms. The average molecular weight is 284 g/mol. The third kappa shape index (κ3) is 3.63. The molecule has 0 atom stereocenters. The van der Waals surface area contributed by atoms with Gasteiger partial charge in [-0.15, -0.1) is 0 Å². The molecule has 0 spiro atoms. The summed E-state index contributed by atoms with van der Waals surface area (Å²) in [7, 11) is 0. The number of Topliss-reactive ketones (excluding diaryl/α,β-unsaturated/α-hetero) is 1. The molecule has 2 heteroatoms. The van der Waals surface area contributed by atoms with E-state index in [1.54, 1.807) is 0 Å². The third-order valence-electron chi connectivity index (χ3n) is 3.94. The number of ketones is 1. The van der Waals surface area contributed by atoms with Gasteiger partial charge in [-0.2, -0.15) is 0 Å². The molecule has 1 N–H and O–H groups in total. The molecule has 1 aromatic rings. The lowest BCUT2D eigenvalue weighted by atomic mass is 9.83. The lowest BCUT2D eigenvalue weighted by Crippen LogP contribution is -2.13. The maximum absolute atomic E-state index is 12.1. The summed E-state index contributed by atoms with van der Waals surface area (Å²) in [4.78, 5) is 12.1. The molecule has 0 amide bonds. The SMILES string of the molecule is Cc1cc(CCC(=O)C2=CC=CC2)cc(C(C)(C)C)c1O. The molecule has 0 saturated carbocycles. The summed E-state index contributed by atoms with van der Waals surface area (Å²) < 4.78 is 0. The van der Waals surface area contributed by atoms with Gasteiger partial charge in [0, 0.05) is 6.42 Å². The lowest BCUT2D eigenvalue weighted by Gasteiger charge is -2.22. The van der Waals surface area contributed by atoms with Gasteiger partial charge in [-0.05, 0) is 47.4 Å². The van der Waals surface area contributed by atoms with E-state index in [0.29, 0.717) is 12.2 Å². The molecule has 1 aliphatic carbocycles. The Balaban J connectivity index is 2.14. The minimum absolute atomic E-state index is 0.104. The summed E-state index contributed by atoms with van der Waals surface area (Å²) in [5, 5.41) is 10.2. The van der Waals surface area contributed by atoms with E-state index in [9.17, 15) is 9.90 Å². The van der Waals surface area contributed by atoms with Crippen LogP contribution in [0.3, 0.4) is 0 Å². The van der Waals surface area contributed by atoms with Crippen molar-refractivity contribution in [1.82, 2.24) is 0 Å². The molecule has 2 rings (SSSR count). The van der Waals surface area contributed by atoms with E-state index >= 15 is 0 Å². The number of benzene rings is 1. The smallest absolute Gasteiger partial charge is 0.159 e. The number of aromatic hydroxyl groups is 1. The van der Waals surface area contributed by atoms with Gasteiger partial charge in [0.1, 0.15) is 5.75 Å². The van der Waals surface area contributed by atoms with Gasteiger partial charge >= 0.3 is 0 Å². The number of rotatable bonds is 4. The van der Waals surface area contributed by atoms with Gasteiger partial charge in [-0.25, -0.2) is 0 Å². The minimum atomic E-state index is -0.104. The summed E-state index contributed by atoms with van der Waals surface area (Å²) in [5.41, 5.74) is 3.75. The van der Waals surface area contributed by atoms with Crippen LogP contribution in [0.5, 0.6) is 5.75 Å². The molecular formula is C19H24O2. The van der Waals surface area contributed by atoms with Crippen LogP contribution in [0, 0.1) is 6.92 Å². The van der Waals surface area contributed by atoms with Gasteiger partial charge < -0.3 is 5.11 Å². The van der Waals surface area contributed by atoms with E-state index in [4.69, 9.17) is 0 Å². The highest BCUT2D eigenvalue weighted by atomic mass is 16.3. The fourth-order valence-electron chi connectivity index (χ4n) is 2.64. The van der Waals surface area contributed by atoms with Crippen molar-refractivity contribution in [3.8, 4) is 5.75 Å². The van der Waals surface area contributed by atoms with Crippen LogP contribution in [0.1, 0.15) is 50.3 Å². The Morgan fingerprint density at radius 3 is 2.57 bits per heavy atom. The first kappa shape index (κ1) is 15.6. The van der Waals surface area contributed by atoms with Crippen molar-refractivity contribution in [3.63, 3.8) is 0 Å². The summed E-state index contributed by atoms with van der Waals surface area (Å²) >= 11 is 0. The van der Waals surface area contributed by atoms with Gasteiger partial charge in [0.25, 0.3) is 0 Å². The van der Waals surface area contributed by atoms with Crippen LogP contribution in [-0.4, -0.2) is 10.9 Å². The van der Waals surface area contributed by atoms with E-state index in [0.717, 1.165) is 35.1 Å². The number of hydrogen-bond donors (Lipinski definition) is 1. The maximum Gasteiger partial charge on any atom is 0.159 e. The number of carbonyl (C=O) groups excluding carboxylic acids is 1. The topological polar surface area (TPSA) is 37.3 Å². The molecule has 1 aliphatic rings. The summed E-state index contributed by atoms with van der Waals surface area (Å²) in [6, 6.07) is 4.02. The van der Waals surface area contributed by atoms with Crippen molar-refractivity contribution in [2.24, 2.45) is 0 Å².